The highest BCUT2D eigenvalue weighted by Crippen LogP contribution is 2.47. The standard InChI is InChI=1S/C20H20Cl2N6S/c21-13-2-1-3-15(18(13)22)29-17-11-24-16(10-25-17)27-8-5-20(6-9-27)12-28-14(19(20)23)4-7-26-28/h1-4,7,10-11,19H,5-6,8-9,12,23H2/t19-/m1/s1. The van der Waals surface area contributed by atoms with Crippen molar-refractivity contribution in [1.29, 1.82) is 0 Å². The fourth-order valence-electron chi connectivity index (χ4n) is 4.30. The van der Waals surface area contributed by atoms with Crippen molar-refractivity contribution in [2.45, 2.75) is 35.3 Å². The van der Waals surface area contributed by atoms with Crippen LogP contribution >= 0.6 is 35.0 Å². The monoisotopic (exact) mass is 446 g/mol. The molecule has 0 radical (unpaired) electrons. The van der Waals surface area contributed by atoms with Gasteiger partial charge in [0.25, 0.3) is 0 Å². The summed E-state index contributed by atoms with van der Waals surface area (Å²) in [5, 5.41) is 6.28. The van der Waals surface area contributed by atoms with Crippen LogP contribution in [0.5, 0.6) is 0 Å². The largest absolute Gasteiger partial charge is 0.355 e. The minimum Gasteiger partial charge on any atom is -0.355 e. The van der Waals surface area contributed by atoms with Crippen LogP contribution in [-0.4, -0.2) is 32.8 Å². The van der Waals surface area contributed by atoms with Gasteiger partial charge in [0.2, 0.25) is 0 Å². The number of benzene rings is 1. The number of fused-ring (bicyclic) bond motifs is 1. The van der Waals surface area contributed by atoms with Crippen LogP contribution in [-0.2, 0) is 6.54 Å². The van der Waals surface area contributed by atoms with Gasteiger partial charge in [-0.1, -0.05) is 41.0 Å². The van der Waals surface area contributed by atoms with Gasteiger partial charge in [-0.05, 0) is 31.0 Å². The first-order valence-corrected chi connectivity index (χ1v) is 11.1. The third kappa shape index (κ3) is 3.40. The molecule has 5 rings (SSSR count). The quantitative estimate of drug-likeness (QED) is 0.641. The molecule has 1 aromatic carbocycles. The van der Waals surface area contributed by atoms with E-state index in [1.54, 1.807) is 12.3 Å². The van der Waals surface area contributed by atoms with Gasteiger partial charge in [-0.25, -0.2) is 9.97 Å². The molecule has 0 unspecified atom stereocenters. The van der Waals surface area contributed by atoms with Crippen LogP contribution in [0.2, 0.25) is 10.0 Å². The molecule has 0 amide bonds. The Morgan fingerprint density at radius 3 is 2.66 bits per heavy atom. The summed E-state index contributed by atoms with van der Waals surface area (Å²) in [7, 11) is 0. The van der Waals surface area contributed by atoms with Gasteiger partial charge in [0, 0.05) is 36.1 Å². The van der Waals surface area contributed by atoms with Crippen LogP contribution in [0, 0.1) is 5.41 Å². The second-order valence-corrected chi connectivity index (χ2v) is 9.46. The average molecular weight is 447 g/mol. The number of nitrogens with zero attached hydrogens (tertiary/aromatic N) is 5. The molecule has 29 heavy (non-hydrogen) atoms. The smallest absolute Gasteiger partial charge is 0.147 e. The molecule has 3 aromatic rings. The summed E-state index contributed by atoms with van der Waals surface area (Å²) < 4.78 is 2.06. The Labute approximate surface area is 183 Å². The lowest BCUT2D eigenvalue weighted by Crippen LogP contribution is -2.45. The molecular weight excluding hydrogens is 427 g/mol. The molecular formula is C20H20Cl2N6S. The van der Waals surface area contributed by atoms with Crippen LogP contribution in [0.25, 0.3) is 0 Å². The average Bonchev–Trinajstić information content (AvgIpc) is 3.28. The third-order valence-electron chi connectivity index (χ3n) is 6.02. The van der Waals surface area contributed by atoms with Crippen molar-refractivity contribution in [2.75, 3.05) is 18.0 Å². The first-order chi connectivity index (χ1) is 14.1. The Morgan fingerprint density at radius 1 is 1.10 bits per heavy atom. The van der Waals surface area contributed by atoms with Crippen molar-refractivity contribution in [1.82, 2.24) is 19.7 Å². The molecule has 2 aliphatic rings. The second-order valence-electron chi connectivity index (χ2n) is 7.61. The van der Waals surface area contributed by atoms with E-state index in [9.17, 15) is 0 Å². The zero-order valence-corrected chi connectivity index (χ0v) is 18.0. The summed E-state index contributed by atoms with van der Waals surface area (Å²) in [6, 6.07) is 7.67. The zero-order valence-electron chi connectivity index (χ0n) is 15.6. The molecule has 0 bridgehead atoms. The number of anilines is 1. The number of halogens is 2. The molecule has 2 N–H and O–H groups in total. The Hall–Kier alpha value is -1.80. The van der Waals surface area contributed by atoms with Gasteiger partial charge in [-0.3, -0.25) is 4.68 Å². The zero-order chi connectivity index (χ0) is 20.0. The minimum absolute atomic E-state index is 0.0551. The van der Waals surface area contributed by atoms with E-state index in [2.05, 4.69) is 24.6 Å². The maximum atomic E-state index is 6.57. The first-order valence-electron chi connectivity index (χ1n) is 9.52. The number of piperidine rings is 1. The van der Waals surface area contributed by atoms with Gasteiger partial charge in [0.05, 0.1) is 34.2 Å². The van der Waals surface area contributed by atoms with E-state index in [0.717, 1.165) is 53.9 Å². The Kier molecular flexibility index (Phi) is 4.94. The topological polar surface area (TPSA) is 72.9 Å². The molecule has 4 heterocycles. The highest BCUT2D eigenvalue weighted by Gasteiger charge is 2.46. The molecule has 1 atom stereocenters. The Balaban J connectivity index is 1.25. The third-order valence-corrected chi connectivity index (χ3v) is 7.93. The second kappa shape index (κ2) is 7.47. The fourth-order valence-corrected chi connectivity index (χ4v) is 5.56. The summed E-state index contributed by atoms with van der Waals surface area (Å²) >= 11 is 13.8. The van der Waals surface area contributed by atoms with Crippen molar-refractivity contribution in [3.05, 3.63) is 58.6 Å². The van der Waals surface area contributed by atoms with Crippen molar-refractivity contribution in [3.63, 3.8) is 0 Å². The number of aromatic nitrogens is 4. The summed E-state index contributed by atoms with van der Waals surface area (Å²) in [6.45, 7) is 2.74. The van der Waals surface area contributed by atoms with Crippen LogP contribution < -0.4 is 10.6 Å². The van der Waals surface area contributed by atoms with E-state index < -0.39 is 0 Å². The van der Waals surface area contributed by atoms with Crippen LogP contribution in [0.3, 0.4) is 0 Å². The lowest BCUT2D eigenvalue weighted by Gasteiger charge is -2.41. The molecule has 150 valence electrons. The van der Waals surface area contributed by atoms with E-state index in [1.165, 1.54) is 11.8 Å². The molecule has 1 saturated heterocycles. The fraction of sp³-hybridized carbons (Fsp3) is 0.350. The Morgan fingerprint density at radius 2 is 1.93 bits per heavy atom. The van der Waals surface area contributed by atoms with Crippen molar-refractivity contribution in [3.8, 4) is 0 Å². The van der Waals surface area contributed by atoms with E-state index in [1.807, 2.05) is 30.6 Å². The molecule has 6 nitrogen and oxygen atoms in total. The predicted octanol–water partition coefficient (Wildman–Crippen LogP) is 4.43. The Bertz CT molecular complexity index is 1030. The summed E-state index contributed by atoms with van der Waals surface area (Å²) in [5.41, 5.74) is 7.83. The highest BCUT2D eigenvalue weighted by molar-refractivity contribution is 7.99. The molecule has 9 heteroatoms. The van der Waals surface area contributed by atoms with Crippen molar-refractivity contribution < 1.29 is 0 Å². The lowest BCUT2D eigenvalue weighted by atomic mass is 9.73. The van der Waals surface area contributed by atoms with Gasteiger partial charge >= 0.3 is 0 Å². The molecule has 1 fully saturated rings. The summed E-state index contributed by atoms with van der Waals surface area (Å²) in [4.78, 5) is 12.4. The minimum atomic E-state index is 0.0551. The van der Waals surface area contributed by atoms with Gasteiger partial charge in [0.1, 0.15) is 10.8 Å². The van der Waals surface area contributed by atoms with Gasteiger partial charge in [-0.15, -0.1) is 0 Å². The van der Waals surface area contributed by atoms with E-state index >= 15 is 0 Å². The van der Waals surface area contributed by atoms with Crippen LogP contribution in [0.4, 0.5) is 5.82 Å². The number of nitrogens with two attached hydrogens (primary N) is 1. The maximum absolute atomic E-state index is 6.57. The van der Waals surface area contributed by atoms with E-state index in [0.29, 0.717) is 10.0 Å². The maximum Gasteiger partial charge on any atom is 0.147 e. The normalized spacial score (nSPS) is 20.2. The molecule has 2 aliphatic heterocycles. The molecule has 2 aromatic heterocycles. The van der Waals surface area contributed by atoms with E-state index in [4.69, 9.17) is 28.9 Å². The molecule has 0 aliphatic carbocycles. The van der Waals surface area contributed by atoms with E-state index in [-0.39, 0.29) is 11.5 Å². The van der Waals surface area contributed by atoms with Crippen LogP contribution in [0.1, 0.15) is 24.6 Å². The van der Waals surface area contributed by atoms with Gasteiger partial charge < -0.3 is 10.6 Å². The summed E-state index contributed by atoms with van der Waals surface area (Å²) in [6.07, 6.45) is 7.50. The number of hydrogen-bond donors (Lipinski definition) is 1. The van der Waals surface area contributed by atoms with Crippen molar-refractivity contribution >= 4 is 40.8 Å². The summed E-state index contributed by atoms with van der Waals surface area (Å²) in [5.74, 6) is 0.894. The van der Waals surface area contributed by atoms with Gasteiger partial charge in [0.15, 0.2) is 0 Å². The molecule has 0 saturated carbocycles. The SMILES string of the molecule is N[C@@H]1c2ccnn2CC12CCN(c1cnc(Sc3cccc(Cl)c3Cl)cn1)CC2. The predicted molar refractivity (Wildman–Crippen MR) is 116 cm³/mol. The van der Waals surface area contributed by atoms with Crippen LogP contribution in [0.15, 0.2) is 52.8 Å². The highest BCUT2D eigenvalue weighted by atomic mass is 35.5. The van der Waals surface area contributed by atoms with Crippen molar-refractivity contribution in [2.24, 2.45) is 11.1 Å². The first kappa shape index (κ1) is 19.2. The lowest BCUT2D eigenvalue weighted by molar-refractivity contribution is 0.170. The van der Waals surface area contributed by atoms with Gasteiger partial charge in [-0.2, -0.15) is 5.10 Å². The molecule has 1 spiro atoms. The number of hydrogen-bond acceptors (Lipinski definition) is 6. The number of rotatable bonds is 3.